The van der Waals surface area contributed by atoms with Crippen LogP contribution in [0.1, 0.15) is 70.7 Å². The van der Waals surface area contributed by atoms with E-state index in [9.17, 15) is 14.0 Å². The van der Waals surface area contributed by atoms with Crippen LogP contribution in [0.4, 0.5) is 24.5 Å². The van der Waals surface area contributed by atoms with Gasteiger partial charge in [0.2, 0.25) is 17.5 Å². The summed E-state index contributed by atoms with van der Waals surface area (Å²) in [6.45, 7) is 0. The van der Waals surface area contributed by atoms with Gasteiger partial charge in [-0.15, -0.1) is 20.4 Å². The van der Waals surface area contributed by atoms with Crippen LogP contribution in [0.2, 0.25) is 0 Å². The van der Waals surface area contributed by atoms with Crippen LogP contribution in [0.25, 0.3) is 44.7 Å². The van der Waals surface area contributed by atoms with Crippen molar-refractivity contribution in [2.75, 3.05) is 10.6 Å². The fourth-order valence-corrected chi connectivity index (χ4v) is 8.73. The molecule has 2 saturated carbocycles. The molecule has 2 aliphatic rings. The van der Waals surface area contributed by atoms with Crippen molar-refractivity contribution in [3.63, 3.8) is 0 Å². The Hall–Kier alpha value is -7.37. The molecule has 2 aliphatic carbocycles. The number of rotatable bonds is 10. The second-order valence-electron chi connectivity index (χ2n) is 15.2. The zero-order valence-electron chi connectivity index (χ0n) is 31.4. The van der Waals surface area contributed by atoms with E-state index in [1.807, 2.05) is 0 Å². The van der Waals surface area contributed by atoms with Crippen LogP contribution in [0, 0.1) is 29.3 Å². The average Bonchev–Trinajstić information content (AvgIpc) is 4.10. The molecule has 4 unspecified atom stereocenters. The molecule has 302 valence electrons. The molecule has 10 rings (SSSR count). The summed E-state index contributed by atoms with van der Waals surface area (Å²) in [5.41, 5.74) is 3.54. The van der Waals surface area contributed by atoms with Gasteiger partial charge in [0.05, 0.1) is 22.9 Å². The Morgan fingerprint density at radius 1 is 0.683 bits per heavy atom. The number of hydrogen-bond acceptors (Lipinski definition) is 11. The summed E-state index contributed by atoms with van der Waals surface area (Å²) in [5, 5.41) is 34.3. The maximum absolute atomic E-state index is 15.7. The van der Waals surface area contributed by atoms with Gasteiger partial charge in [0.25, 0.3) is 11.8 Å². The highest BCUT2D eigenvalue weighted by molar-refractivity contribution is 6.13. The number of H-pyrrole nitrogens is 2. The summed E-state index contributed by atoms with van der Waals surface area (Å²) in [5.74, 6) is -2.85. The summed E-state index contributed by atoms with van der Waals surface area (Å²) >= 11 is 0. The molecule has 0 radical (unpaired) electrons. The normalized spacial score (nSPS) is 19.0. The summed E-state index contributed by atoms with van der Waals surface area (Å²) in [6, 6.07) is 17.2. The zero-order chi connectivity index (χ0) is 40.9. The van der Waals surface area contributed by atoms with Gasteiger partial charge < -0.3 is 24.2 Å². The minimum atomic E-state index is -1.19. The highest BCUT2D eigenvalue weighted by Crippen LogP contribution is 2.48. The SMILES string of the molecule is O=C(Nc1ccc(C2CCC(C3CCC(Oc4c(NC(=O)c5coc6cc(-c7nn[nH]n7)ccc56)ccc(F)c4F)C3)C2)c(F)c1)c1coc2cc(-c3nn[nH]n3)ccc12. The summed E-state index contributed by atoms with van der Waals surface area (Å²) in [4.78, 5) is 26.7. The van der Waals surface area contributed by atoms with Gasteiger partial charge in [-0.3, -0.25) is 9.59 Å². The third kappa shape index (κ3) is 6.88. The van der Waals surface area contributed by atoms with Gasteiger partial charge in [-0.05, 0) is 121 Å². The molecule has 2 fully saturated rings. The number of aromatic nitrogens is 8. The van der Waals surface area contributed by atoms with Crippen molar-refractivity contribution in [1.29, 1.82) is 0 Å². The highest BCUT2D eigenvalue weighted by Gasteiger charge is 2.38. The van der Waals surface area contributed by atoms with Gasteiger partial charge in [0.15, 0.2) is 11.6 Å². The molecule has 0 aliphatic heterocycles. The van der Waals surface area contributed by atoms with E-state index < -0.39 is 35.4 Å². The number of fused-ring (bicyclic) bond motifs is 2. The molecule has 60 heavy (non-hydrogen) atoms. The molecule has 4 N–H and O–H groups in total. The molecule has 4 aromatic heterocycles. The number of benzene rings is 4. The van der Waals surface area contributed by atoms with Crippen LogP contribution in [0.15, 0.2) is 88.1 Å². The number of nitrogens with zero attached hydrogens (tertiary/aromatic N) is 6. The Labute approximate surface area is 337 Å². The lowest BCUT2D eigenvalue weighted by Gasteiger charge is -2.21. The van der Waals surface area contributed by atoms with Crippen LogP contribution in [0.5, 0.6) is 5.75 Å². The first-order valence-corrected chi connectivity index (χ1v) is 19.3. The number of ether oxygens (including phenoxy) is 1. The van der Waals surface area contributed by atoms with Crippen molar-refractivity contribution in [2.45, 2.75) is 50.5 Å². The Morgan fingerprint density at radius 2 is 1.32 bits per heavy atom. The van der Waals surface area contributed by atoms with E-state index in [-0.39, 0.29) is 34.8 Å². The molecule has 0 bridgehead atoms. The number of carbonyl (C=O) groups excluding carboxylic acids is 2. The number of halogens is 3. The first-order valence-electron chi connectivity index (χ1n) is 19.3. The number of nitrogens with one attached hydrogen (secondary N) is 4. The van der Waals surface area contributed by atoms with Crippen LogP contribution in [0.3, 0.4) is 0 Å². The number of aromatic amines is 2. The molecule has 0 saturated heterocycles. The number of furan rings is 2. The molecule has 4 heterocycles. The largest absolute Gasteiger partial charge is 0.485 e. The van der Waals surface area contributed by atoms with E-state index in [2.05, 4.69) is 51.9 Å². The van der Waals surface area contributed by atoms with Gasteiger partial charge in [0, 0.05) is 27.6 Å². The molecule has 0 spiro atoms. The van der Waals surface area contributed by atoms with Crippen molar-refractivity contribution in [2.24, 2.45) is 11.8 Å². The minimum absolute atomic E-state index is 0.00944. The molecule has 8 aromatic rings. The molecule has 15 nitrogen and oxygen atoms in total. The summed E-state index contributed by atoms with van der Waals surface area (Å²) in [6.07, 6.45) is 6.68. The van der Waals surface area contributed by atoms with Crippen LogP contribution < -0.4 is 15.4 Å². The molecule has 2 amide bonds. The Morgan fingerprint density at radius 3 is 1.95 bits per heavy atom. The summed E-state index contributed by atoms with van der Waals surface area (Å²) < 4.78 is 63.0. The fraction of sp³-hybridized carbons (Fsp3) is 0.238. The van der Waals surface area contributed by atoms with Gasteiger partial charge in [-0.2, -0.15) is 14.8 Å². The van der Waals surface area contributed by atoms with Crippen molar-refractivity contribution in [3.05, 3.63) is 113 Å². The molecular weight excluding hydrogens is 782 g/mol. The van der Waals surface area contributed by atoms with Gasteiger partial charge in [-0.25, -0.2) is 8.78 Å². The third-order valence-electron chi connectivity index (χ3n) is 11.7. The van der Waals surface area contributed by atoms with Gasteiger partial charge >= 0.3 is 0 Å². The smallest absolute Gasteiger partial charge is 0.259 e. The number of hydrogen-bond donors (Lipinski definition) is 4. The Bertz CT molecular complexity index is 2900. The molecular formula is C42H33F3N10O5. The lowest BCUT2D eigenvalue weighted by molar-refractivity contribution is 0.101. The third-order valence-corrected chi connectivity index (χ3v) is 11.7. The van der Waals surface area contributed by atoms with E-state index in [1.165, 1.54) is 24.7 Å². The molecule has 4 aromatic carbocycles. The monoisotopic (exact) mass is 814 g/mol. The standard InChI is InChI=1S/C42H33F3N10O5/c43-32-11-12-34(47-42(57)31-19-59-36-16-24(5-9-29(31)36)40-50-54-55-51-40)38(37(32)45)60-26-7-3-21(14-26)20-1-2-22(13-20)27-10-6-25(17-33(27)44)46-41(56)30-18-58-35-15-23(4-8-28(30)35)39-48-52-53-49-39/h4-6,8-12,15-22,26H,1-3,7,13-14H2,(H,46,56)(H,47,57)(H,48,49,52,53)(H,50,51,54,55). The van der Waals surface area contributed by atoms with Crippen LogP contribution in [-0.4, -0.2) is 59.2 Å². The number of anilines is 2. The van der Waals surface area contributed by atoms with Crippen LogP contribution in [-0.2, 0) is 0 Å². The van der Waals surface area contributed by atoms with Crippen molar-refractivity contribution in [3.8, 4) is 28.5 Å². The maximum atomic E-state index is 15.7. The number of tetrazole rings is 2. The van der Waals surface area contributed by atoms with E-state index in [4.69, 9.17) is 13.6 Å². The lowest BCUT2D eigenvalue weighted by atomic mass is 9.87. The van der Waals surface area contributed by atoms with Gasteiger partial charge in [-0.1, -0.05) is 18.2 Å². The fourth-order valence-electron chi connectivity index (χ4n) is 8.73. The van der Waals surface area contributed by atoms with Crippen LogP contribution >= 0.6 is 0 Å². The topological polar surface area (TPSA) is 203 Å². The second kappa shape index (κ2) is 15.1. The van der Waals surface area contributed by atoms with Crippen molar-refractivity contribution >= 4 is 45.1 Å². The average molecular weight is 815 g/mol. The molecule has 4 atom stereocenters. The highest BCUT2D eigenvalue weighted by atomic mass is 19.2. The predicted molar refractivity (Wildman–Crippen MR) is 209 cm³/mol. The number of carbonyl (C=O) groups is 2. The minimum Gasteiger partial charge on any atom is -0.485 e. The predicted octanol–water partition coefficient (Wildman–Crippen LogP) is 8.59. The zero-order valence-corrected chi connectivity index (χ0v) is 31.4. The van der Waals surface area contributed by atoms with E-state index >= 15 is 8.78 Å². The lowest BCUT2D eigenvalue weighted by Crippen LogP contribution is -2.18. The second-order valence-corrected chi connectivity index (χ2v) is 15.2. The van der Waals surface area contributed by atoms with E-state index in [1.54, 1.807) is 48.5 Å². The van der Waals surface area contributed by atoms with Crippen molar-refractivity contribution in [1.82, 2.24) is 41.2 Å². The van der Waals surface area contributed by atoms with Crippen molar-refractivity contribution < 1.29 is 36.3 Å². The van der Waals surface area contributed by atoms with E-state index in [0.717, 1.165) is 31.7 Å². The Balaban J connectivity index is 0.767. The van der Waals surface area contributed by atoms with E-state index in [0.29, 0.717) is 74.4 Å². The Kier molecular flexibility index (Phi) is 9.29. The first-order chi connectivity index (χ1) is 29.3. The first kappa shape index (κ1) is 36.9. The molecule has 18 heteroatoms. The number of amides is 2. The van der Waals surface area contributed by atoms with Gasteiger partial charge in [0.1, 0.15) is 29.5 Å². The maximum Gasteiger partial charge on any atom is 0.259 e. The quantitative estimate of drug-likeness (QED) is 0.103. The summed E-state index contributed by atoms with van der Waals surface area (Å²) in [7, 11) is 0.